The smallest absolute Gasteiger partial charge is 0.0488 e. The van der Waals surface area contributed by atoms with Crippen molar-refractivity contribution in [2.45, 2.75) is 51.5 Å². The lowest BCUT2D eigenvalue weighted by Gasteiger charge is -2.59. The molecule has 21 heavy (non-hydrogen) atoms. The molecule has 4 bridgehead atoms. The van der Waals surface area contributed by atoms with Crippen LogP contribution in [0.5, 0.6) is 0 Å². The van der Waals surface area contributed by atoms with Gasteiger partial charge in [-0.25, -0.2) is 0 Å². The van der Waals surface area contributed by atoms with Gasteiger partial charge < -0.3 is 11.1 Å². The molecule has 0 spiro atoms. The second-order valence-corrected chi connectivity index (χ2v) is 8.74. The van der Waals surface area contributed by atoms with Crippen LogP contribution >= 0.6 is 15.9 Å². The summed E-state index contributed by atoms with van der Waals surface area (Å²) in [5, 5.41) is 3.79. The highest BCUT2D eigenvalue weighted by Gasteiger charge is 2.53. The van der Waals surface area contributed by atoms with Crippen LogP contribution in [0.1, 0.15) is 45.4 Å². The Morgan fingerprint density at radius 1 is 1.14 bits per heavy atom. The summed E-state index contributed by atoms with van der Waals surface area (Å²) in [5.74, 6) is 3.03. The van der Waals surface area contributed by atoms with Crippen molar-refractivity contribution in [3.63, 3.8) is 0 Å². The normalized spacial score (nSPS) is 38.5. The molecule has 0 heterocycles. The summed E-state index contributed by atoms with van der Waals surface area (Å²) in [7, 11) is 0. The Morgan fingerprint density at radius 3 is 2.24 bits per heavy atom. The molecule has 3 heteroatoms. The average molecular weight is 349 g/mol. The van der Waals surface area contributed by atoms with Gasteiger partial charge in [-0.3, -0.25) is 0 Å². The van der Waals surface area contributed by atoms with E-state index in [0.29, 0.717) is 11.5 Å². The molecule has 4 aliphatic rings. The van der Waals surface area contributed by atoms with E-state index in [4.69, 9.17) is 5.73 Å². The van der Waals surface area contributed by atoms with Gasteiger partial charge in [-0.1, -0.05) is 0 Å². The van der Waals surface area contributed by atoms with Crippen LogP contribution < -0.4 is 11.1 Å². The highest BCUT2D eigenvalue weighted by atomic mass is 79.9. The van der Waals surface area contributed by atoms with Crippen molar-refractivity contribution in [1.29, 1.82) is 0 Å². The number of nitrogens with one attached hydrogen (secondary N) is 1. The van der Waals surface area contributed by atoms with Crippen molar-refractivity contribution in [2.24, 2.45) is 23.2 Å². The number of hydrogen-bond donors (Lipinski definition) is 2. The van der Waals surface area contributed by atoms with E-state index in [0.717, 1.165) is 27.9 Å². The first-order valence-corrected chi connectivity index (χ1v) is 9.15. The Hall–Kier alpha value is -0.700. The predicted octanol–water partition coefficient (Wildman–Crippen LogP) is 5.05. The molecule has 1 atom stereocenters. The van der Waals surface area contributed by atoms with E-state index in [1.165, 1.54) is 44.2 Å². The number of halogens is 1. The van der Waals surface area contributed by atoms with Crippen LogP contribution in [0.3, 0.4) is 0 Å². The first-order chi connectivity index (χ1) is 10.0. The van der Waals surface area contributed by atoms with Gasteiger partial charge in [-0.15, -0.1) is 0 Å². The van der Waals surface area contributed by atoms with E-state index < -0.39 is 0 Å². The fourth-order valence-corrected chi connectivity index (χ4v) is 6.25. The molecular weight excluding hydrogens is 324 g/mol. The first kappa shape index (κ1) is 13.9. The largest absolute Gasteiger partial charge is 0.399 e. The topological polar surface area (TPSA) is 38.0 Å². The second kappa shape index (κ2) is 4.91. The first-order valence-electron chi connectivity index (χ1n) is 8.36. The predicted molar refractivity (Wildman–Crippen MR) is 92.2 cm³/mol. The van der Waals surface area contributed by atoms with E-state index in [-0.39, 0.29) is 0 Å². The molecular formula is C18H25BrN2. The van der Waals surface area contributed by atoms with Crippen LogP contribution in [0.25, 0.3) is 0 Å². The minimum Gasteiger partial charge on any atom is -0.399 e. The monoisotopic (exact) mass is 348 g/mol. The van der Waals surface area contributed by atoms with Crippen molar-refractivity contribution in [3.05, 3.63) is 22.7 Å². The van der Waals surface area contributed by atoms with Crippen LogP contribution in [0.15, 0.2) is 22.7 Å². The summed E-state index contributed by atoms with van der Waals surface area (Å²) in [4.78, 5) is 0. The zero-order valence-electron chi connectivity index (χ0n) is 12.7. The van der Waals surface area contributed by atoms with Gasteiger partial charge in [0.1, 0.15) is 0 Å². The molecule has 1 aromatic rings. The molecule has 4 aliphatic carbocycles. The van der Waals surface area contributed by atoms with Gasteiger partial charge in [-0.05, 0) is 103 Å². The van der Waals surface area contributed by atoms with Gasteiger partial charge in [0.25, 0.3) is 0 Å². The van der Waals surface area contributed by atoms with E-state index in [2.05, 4.69) is 34.2 Å². The van der Waals surface area contributed by atoms with Crippen LogP contribution in [0.4, 0.5) is 11.4 Å². The molecule has 0 radical (unpaired) electrons. The molecule has 4 saturated carbocycles. The maximum Gasteiger partial charge on any atom is 0.0488 e. The summed E-state index contributed by atoms with van der Waals surface area (Å²) >= 11 is 3.64. The maximum absolute atomic E-state index is 5.85. The fraction of sp³-hybridized carbons (Fsp3) is 0.667. The average Bonchev–Trinajstić information content (AvgIpc) is 2.40. The minimum atomic E-state index is 0.537. The van der Waals surface area contributed by atoms with Crippen molar-refractivity contribution in [3.8, 4) is 0 Å². The maximum atomic E-state index is 5.85. The summed E-state index contributed by atoms with van der Waals surface area (Å²) < 4.78 is 1.08. The third kappa shape index (κ3) is 2.38. The number of rotatable bonds is 3. The third-order valence-electron chi connectivity index (χ3n) is 6.37. The molecule has 2 nitrogen and oxygen atoms in total. The highest BCUT2D eigenvalue weighted by molar-refractivity contribution is 9.10. The van der Waals surface area contributed by atoms with Crippen LogP contribution in [-0.2, 0) is 0 Å². The fourth-order valence-electron chi connectivity index (χ4n) is 5.74. The van der Waals surface area contributed by atoms with E-state index in [9.17, 15) is 0 Å². The van der Waals surface area contributed by atoms with E-state index in [1.807, 2.05) is 12.1 Å². The van der Waals surface area contributed by atoms with Crippen molar-refractivity contribution >= 4 is 27.3 Å². The Balaban J connectivity index is 1.56. The second-order valence-electron chi connectivity index (χ2n) is 7.89. The van der Waals surface area contributed by atoms with Gasteiger partial charge >= 0.3 is 0 Å². The minimum absolute atomic E-state index is 0.537. The van der Waals surface area contributed by atoms with Crippen LogP contribution in [0, 0.1) is 23.2 Å². The molecule has 0 aromatic heterocycles. The number of anilines is 2. The van der Waals surface area contributed by atoms with Gasteiger partial charge in [0, 0.05) is 21.9 Å². The Bertz CT molecular complexity index is 519. The van der Waals surface area contributed by atoms with Crippen molar-refractivity contribution in [2.75, 3.05) is 11.1 Å². The zero-order valence-corrected chi connectivity index (χ0v) is 14.3. The molecule has 0 amide bonds. The number of hydrogen-bond acceptors (Lipinski definition) is 2. The van der Waals surface area contributed by atoms with Gasteiger partial charge in [0.2, 0.25) is 0 Å². The van der Waals surface area contributed by atoms with Gasteiger partial charge in [-0.2, -0.15) is 0 Å². The van der Waals surface area contributed by atoms with Gasteiger partial charge in [0.05, 0.1) is 0 Å². The zero-order chi connectivity index (χ0) is 14.6. The van der Waals surface area contributed by atoms with E-state index in [1.54, 1.807) is 0 Å². The molecule has 4 fully saturated rings. The molecule has 1 unspecified atom stereocenters. The summed E-state index contributed by atoms with van der Waals surface area (Å²) in [6.45, 7) is 2.40. The SMILES string of the molecule is CC(Nc1ccc(N)cc1Br)C12CC3CC(CC(C3)C1)C2. The lowest BCUT2D eigenvalue weighted by Crippen LogP contribution is -2.52. The molecule has 114 valence electrons. The molecule has 0 saturated heterocycles. The van der Waals surface area contributed by atoms with Crippen LogP contribution in [0.2, 0.25) is 0 Å². The molecule has 1 aromatic carbocycles. The summed E-state index contributed by atoms with van der Waals surface area (Å²) in [6.07, 6.45) is 8.87. The number of benzene rings is 1. The Kier molecular flexibility index (Phi) is 3.25. The lowest BCUT2D eigenvalue weighted by atomic mass is 9.48. The van der Waals surface area contributed by atoms with Crippen molar-refractivity contribution in [1.82, 2.24) is 0 Å². The van der Waals surface area contributed by atoms with Gasteiger partial charge in [0.15, 0.2) is 0 Å². The van der Waals surface area contributed by atoms with Crippen molar-refractivity contribution < 1.29 is 0 Å². The Labute approximate surface area is 136 Å². The molecule has 3 N–H and O–H groups in total. The van der Waals surface area contributed by atoms with E-state index >= 15 is 0 Å². The lowest BCUT2D eigenvalue weighted by molar-refractivity contribution is -0.0602. The quantitative estimate of drug-likeness (QED) is 0.750. The third-order valence-corrected chi connectivity index (χ3v) is 7.03. The molecule has 0 aliphatic heterocycles. The summed E-state index contributed by atoms with van der Waals surface area (Å²) in [6, 6.07) is 6.64. The molecule has 5 rings (SSSR count). The highest BCUT2D eigenvalue weighted by Crippen LogP contribution is 2.61. The number of nitrogen functional groups attached to an aromatic ring is 1. The number of nitrogens with two attached hydrogens (primary N) is 1. The summed E-state index contributed by atoms with van der Waals surface area (Å²) in [5.41, 5.74) is 8.39. The Morgan fingerprint density at radius 2 is 1.71 bits per heavy atom. The standard InChI is InChI=1S/C18H25BrN2/c1-11(21-17-3-2-15(20)7-16(17)19)18-8-12-4-13(9-18)6-14(5-12)10-18/h2-3,7,11-14,21H,4-6,8-10,20H2,1H3. The van der Waals surface area contributed by atoms with Crippen LogP contribution in [-0.4, -0.2) is 6.04 Å².